The smallest absolute Gasteiger partial charge is 0.275 e. The normalized spacial score (nSPS) is 17.8. The van der Waals surface area contributed by atoms with Crippen LogP contribution in [0.1, 0.15) is 41.5 Å². The number of aromatic nitrogens is 5. The number of likely N-dealkylation sites (tertiary alicyclic amines) is 1. The zero-order valence-electron chi connectivity index (χ0n) is 14.2. The van der Waals surface area contributed by atoms with Crippen LogP contribution >= 0.6 is 0 Å². The highest BCUT2D eigenvalue weighted by molar-refractivity contribution is 6.04. The number of nitrogens with zero attached hydrogens (tertiary/aromatic N) is 5. The zero-order chi connectivity index (χ0) is 17.5. The molecule has 0 radical (unpaired) electrons. The Kier molecular flexibility index (Phi) is 3.44. The number of H-pyrrole nitrogens is 1. The van der Waals surface area contributed by atoms with Gasteiger partial charge in [-0.3, -0.25) is 14.3 Å². The summed E-state index contributed by atoms with van der Waals surface area (Å²) in [6.07, 6.45) is 8.52. The lowest BCUT2D eigenvalue weighted by atomic mass is 9.98. The van der Waals surface area contributed by atoms with Crippen molar-refractivity contribution in [1.29, 1.82) is 0 Å². The summed E-state index contributed by atoms with van der Waals surface area (Å²) in [5, 5.41) is 8.10. The number of carbonyl (C=O) groups is 1. The van der Waals surface area contributed by atoms with E-state index >= 15 is 0 Å². The number of amides is 1. The molecule has 0 unspecified atom stereocenters. The number of nitrogens with one attached hydrogen (secondary N) is 1. The maximum absolute atomic E-state index is 13.3. The fourth-order valence-electron chi connectivity index (χ4n) is 3.75. The molecule has 7 nitrogen and oxygen atoms in total. The SMILES string of the molecule is O=C(c1n[nH]c2ccccc12)N1CCCC[C@@H]1c1ccn2ccnc2n1. The van der Waals surface area contributed by atoms with Crippen molar-refractivity contribution in [3.05, 3.63) is 60.3 Å². The first kappa shape index (κ1) is 15.1. The molecule has 1 aliphatic heterocycles. The third-order valence-electron chi connectivity index (χ3n) is 5.06. The molecule has 4 heterocycles. The maximum atomic E-state index is 13.3. The van der Waals surface area contributed by atoms with Crippen molar-refractivity contribution in [3.8, 4) is 0 Å². The van der Waals surface area contributed by atoms with Crippen LogP contribution in [-0.2, 0) is 0 Å². The number of aromatic amines is 1. The van der Waals surface area contributed by atoms with E-state index in [1.165, 1.54) is 0 Å². The van der Waals surface area contributed by atoms with Gasteiger partial charge in [0.2, 0.25) is 5.78 Å². The summed E-state index contributed by atoms with van der Waals surface area (Å²) in [6.45, 7) is 0.714. The third-order valence-corrected chi connectivity index (χ3v) is 5.06. The van der Waals surface area contributed by atoms with Crippen molar-refractivity contribution in [3.63, 3.8) is 0 Å². The van der Waals surface area contributed by atoms with Crippen LogP contribution in [0.4, 0.5) is 0 Å². The van der Waals surface area contributed by atoms with Crippen molar-refractivity contribution in [2.45, 2.75) is 25.3 Å². The van der Waals surface area contributed by atoms with Gasteiger partial charge < -0.3 is 4.90 Å². The summed E-state index contributed by atoms with van der Waals surface area (Å²) in [5.74, 6) is 0.614. The number of fused-ring (bicyclic) bond motifs is 2. The molecule has 26 heavy (non-hydrogen) atoms. The van der Waals surface area contributed by atoms with E-state index in [0.717, 1.165) is 35.9 Å². The molecule has 1 saturated heterocycles. The van der Waals surface area contributed by atoms with Gasteiger partial charge in [0.25, 0.3) is 5.91 Å². The van der Waals surface area contributed by atoms with Gasteiger partial charge in [0.1, 0.15) is 0 Å². The molecule has 1 atom stereocenters. The van der Waals surface area contributed by atoms with Crippen molar-refractivity contribution in [1.82, 2.24) is 29.5 Å². The van der Waals surface area contributed by atoms with E-state index in [-0.39, 0.29) is 11.9 Å². The minimum Gasteiger partial charge on any atom is -0.329 e. The molecule has 3 aromatic heterocycles. The Hall–Kier alpha value is -3.22. The van der Waals surface area contributed by atoms with Crippen LogP contribution < -0.4 is 0 Å². The summed E-state index contributed by atoms with van der Waals surface area (Å²) in [6, 6.07) is 9.65. The standard InChI is InChI=1S/C19H18N6O/c26-18(17-13-5-1-2-6-14(13)22-23-17)25-10-4-3-7-16(25)15-8-11-24-12-9-20-19(24)21-15/h1-2,5-6,8-9,11-12,16H,3-4,7,10H2,(H,22,23)/t16-/m1/s1. The lowest BCUT2D eigenvalue weighted by Gasteiger charge is -2.35. The van der Waals surface area contributed by atoms with Crippen LogP contribution in [0.25, 0.3) is 16.7 Å². The molecular weight excluding hydrogens is 328 g/mol. The number of benzene rings is 1. The van der Waals surface area contributed by atoms with Gasteiger partial charge in [-0.1, -0.05) is 18.2 Å². The number of hydrogen-bond acceptors (Lipinski definition) is 4. The predicted octanol–water partition coefficient (Wildman–Crippen LogP) is 2.97. The van der Waals surface area contributed by atoms with Crippen LogP contribution in [0.2, 0.25) is 0 Å². The molecule has 1 amide bonds. The second-order valence-electron chi connectivity index (χ2n) is 6.61. The first-order chi connectivity index (χ1) is 12.8. The maximum Gasteiger partial charge on any atom is 0.275 e. The summed E-state index contributed by atoms with van der Waals surface area (Å²) in [5.41, 5.74) is 2.24. The molecule has 1 aliphatic rings. The predicted molar refractivity (Wildman–Crippen MR) is 96.7 cm³/mol. The minimum atomic E-state index is -0.0478. The van der Waals surface area contributed by atoms with Gasteiger partial charge in [-0.25, -0.2) is 9.97 Å². The molecule has 1 fully saturated rings. The Labute approximate surface area is 149 Å². The first-order valence-electron chi connectivity index (χ1n) is 8.85. The van der Waals surface area contributed by atoms with E-state index < -0.39 is 0 Å². The molecule has 0 spiro atoms. The van der Waals surface area contributed by atoms with Crippen LogP contribution in [0.3, 0.4) is 0 Å². The number of hydrogen-bond donors (Lipinski definition) is 1. The van der Waals surface area contributed by atoms with Gasteiger partial charge >= 0.3 is 0 Å². The Morgan fingerprint density at radius 2 is 2.08 bits per heavy atom. The van der Waals surface area contributed by atoms with Crippen LogP contribution in [-0.4, -0.2) is 41.9 Å². The average molecular weight is 346 g/mol. The van der Waals surface area contributed by atoms with Crippen molar-refractivity contribution >= 4 is 22.6 Å². The van der Waals surface area contributed by atoms with Crippen LogP contribution in [0, 0.1) is 0 Å². The zero-order valence-corrected chi connectivity index (χ0v) is 14.2. The molecular formula is C19H18N6O. The molecule has 130 valence electrons. The van der Waals surface area contributed by atoms with Gasteiger partial charge in [-0.15, -0.1) is 0 Å². The largest absolute Gasteiger partial charge is 0.329 e. The molecule has 0 bridgehead atoms. The first-order valence-corrected chi connectivity index (χ1v) is 8.85. The van der Waals surface area contributed by atoms with Crippen LogP contribution in [0.15, 0.2) is 48.9 Å². The second-order valence-corrected chi connectivity index (χ2v) is 6.61. The van der Waals surface area contributed by atoms with Crippen molar-refractivity contribution < 1.29 is 4.79 Å². The number of rotatable bonds is 2. The average Bonchev–Trinajstić information content (AvgIpc) is 3.33. The van der Waals surface area contributed by atoms with Crippen molar-refractivity contribution in [2.75, 3.05) is 6.54 Å². The number of imidazole rings is 1. The molecule has 0 saturated carbocycles. The van der Waals surface area contributed by atoms with Gasteiger partial charge in [0, 0.05) is 30.5 Å². The van der Waals surface area contributed by atoms with E-state index in [2.05, 4.69) is 20.2 Å². The Balaban J connectivity index is 1.54. The number of carbonyl (C=O) groups excluding carboxylic acids is 1. The van der Waals surface area contributed by atoms with Gasteiger partial charge in [0.05, 0.1) is 17.3 Å². The molecule has 4 aromatic rings. The molecule has 0 aliphatic carbocycles. The van der Waals surface area contributed by atoms with Crippen molar-refractivity contribution in [2.24, 2.45) is 0 Å². The molecule has 5 rings (SSSR count). The third kappa shape index (κ3) is 2.35. The quantitative estimate of drug-likeness (QED) is 0.605. The number of piperidine rings is 1. The number of para-hydroxylation sites is 1. The Morgan fingerprint density at radius 3 is 3.04 bits per heavy atom. The molecule has 1 aromatic carbocycles. The Morgan fingerprint density at radius 1 is 1.15 bits per heavy atom. The summed E-state index contributed by atoms with van der Waals surface area (Å²) in [4.78, 5) is 24.1. The second kappa shape index (κ2) is 5.94. The molecule has 7 heteroatoms. The monoisotopic (exact) mass is 346 g/mol. The van der Waals surface area contributed by atoms with E-state index in [1.54, 1.807) is 6.20 Å². The summed E-state index contributed by atoms with van der Waals surface area (Å²) in [7, 11) is 0. The van der Waals surface area contributed by atoms with E-state index in [9.17, 15) is 4.79 Å². The topological polar surface area (TPSA) is 79.2 Å². The van der Waals surface area contributed by atoms with Gasteiger partial charge in [-0.05, 0) is 31.4 Å². The highest BCUT2D eigenvalue weighted by Crippen LogP contribution is 2.32. The van der Waals surface area contributed by atoms with E-state index in [1.807, 2.05) is 52.0 Å². The fraction of sp³-hybridized carbons (Fsp3) is 0.263. The van der Waals surface area contributed by atoms with E-state index in [0.29, 0.717) is 18.0 Å². The summed E-state index contributed by atoms with van der Waals surface area (Å²) < 4.78 is 1.87. The van der Waals surface area contributed by atoms with E-state index in [4.69, 9.17) is 0 Å². The highest BCUT2D eigenvalue weighted by atomic mass is 16.2. The molecule has 1 N–H and O–H groups in total. The fourth-order valence-corrected chi connectivity index (χ4v) is 3.75. The lowest BCUT2D eigenvalue weighted by Crippen LogP contribution is -2.39. The highest BCUT2D eigenvalue weighted by Gasteiger charge is 2.31. The summed E-state index contributed by atoms with van der Waals surface area (Å²) >= 11 is 0. The van der Waals surface area contributed by atoms with Gasteiger partial charge in [0.15, 0.2) is 5.69 Å². The van der Waals surface area contributed by atoms with Gasteiger partial charge in [-0.2, -0.15) is 5.10 Å². The minimum absolute atomic E-state index is 0.0443. The van der Waals surface area contributed by atoms with Crippen LogP contribution in [0.5, 0.6) is 0 Å². The lowest BCUT2D eigenvalue weighted by molar-refractivity contribution is 0.0602. The Bertz CT molecular complexity index is 1100.